The van der Waals surface area contributed by atoms with Gasteiger partial charge >= 0.3 is 0 Å². The van der Waals surface area contributed by atoms with Crippen molar-refractivity contribution in [1.29, 1.82) is 0 Å². The van der Waals surface area contributed by atoms with E-state index in [1.807, 2.05) is 0 Å². The van der Waals surface area contributed by atoms with Crippen molar-refractivity contribution in [2.75, 3.05) is 13.1 Å². The Kier molecular flexibility index (Phi) is 11.5. The molecule has 0 rings (SSSR count). The van der Waals surface area contributed by atoms with Crippen molar-refractivity contribution in [3.05, 3.63) is 12.2 Å². The molecule has 0 saturated heterocycles. The van der Waals surface area contributed by atoms with E-state index in [2.05, 4.69) is 17.2 Å². The second kappa shape index (κ2) is 12.5. The van der Waals surface area contributed by atoms with Gasteiger partial charge in [0.2, 0.25) is 17.7 Å². The molecule has 0 aromatic carbocycles. The first-order chi connectivity index (χ1) is 11.3. The highest BCUT2D eigenvalue weighted by Gasteiger charge is 2.21. The first kappa shape index (κ1) is 22.1. The Labute approximate surface area is 143 Å². The highest BCUT2D eigenvalue weighted by atomic mass is 16.2. The van der Waals surface area contributed by atoms with Gasteiger partial charge < -0.3 is 27.8 Å². The maximum atomic E-state index is 12.0. The molecule has 0 aromatic heterocycles. The Morgan fingerprint density at radius 1 is 1.08 bits per heavy atom. The number of carbonyl (C=O) groups is 3. The van der Waals surface area contributed by atoms with E-state index in [9.17, 15) is 14.4 Å². The summed E-state index contributed by atoms with van der Waals surface area (Å²) in [6, 6.07) is -1.43. The minimum Gasteiger partial charge on any atom is -0.368 e. The van der Waals surface area contributed by atoms with E-state index in [0.29, 0.717) is 44.3 Å². The lowest BCUT2D eigenvalue weighted by Gasteiger charge is -2.18. The van der Waals surface area contributed by atoms with Gasteiger partial charge in [-0.2, -0.15) is 0 Å². The fourth-order valence-corrected chi connectivity index (χ4v) is 2.03. The van der Waals surface area contributed by atoms with E-state index < -0.39 is 18.0 Å². The molecule has 0 spiro atoms. The fraction of sp³-hybridized carbons (Fsp3) is 0.688. The van der Waals surface area contributed by atoms with Crippen LogP contribution in [0.2, 0.25) is 0 Å². The normalized spacial score (nSPS) is 13.0. The van der Waals surface area contributed by atoms with Crippen LogP contribution in [0.1, 0.15) is 45.4 Å². The molecular weight excluding hydrogens is 310 g/mol. The summed E-state index contributed by atoms with van der Waals surface area (Å²) in [5.74, 6) is -1.17. The quantitative estimate of drug-likeness (QED) is 0.221. The third-order valence-corrected chi connectivity index (χ3v) is 3.56. The lowest BCUT2D eigenvalue weighted by atomic mass is 10.1. The number of hydrogen-bond acceptors (Lipinski definition) is 5. The maximum Gasteiger partial charge on any atom is 0.246 e. The Balaban J connectivity index is 4.12. The molecule has 0 heterocycles. The van der Waals surface area contributed by atoms with Crippen molar-refractivity contribution in [3.63, 3.8) is 0 Å². The van der Waals surface area contributed by atoms with E-state index in [4.69, 9.17) is 17.2 Å². The van der Waals surface area contributed by atoms with Gasteiger partial charge in [0.25, 0.3) is 0 Å². The third kappa shape index (κ3) is 9.96. The monoisotopic (exact) mass is 341 g/mol. The number of carbonyl (C=O) groups excluding carboxylic acids is 3. The fourth-order valence-electron chi connectivity index (χ4n) is 2.03. The van der Waals surface area contributed by atoms with Gasteiger partial charge in [-0.3, -0.25) is 14.4 Å². The largest absolute Gasteiger partial charge is 0.368 e. The summed E-state index contributed by atoms with van der Waals surface area (Å²) in [6.45, 7) is 6.20. The van der Waals surface area contributed by atoms with Gasteiger partial charge in [-0.15, -0.1) is 0 Å². The molecule has 0 aliphatic heterocycles. The van der Waals surface area contributed by atoms with E-state index in [0.717, 1.165) is 12.8 Å². The molecule has 8 heteroatoms. The molecule has 0 aliphatic rings. The standard InChI is InChI=1S/C16H31N5O3/c1-11(2)15(23)20-10-6-4-8-13(14(19)22)21-16(24)12(18)7-3-5-9-17/h12-13H,1,3-10,17-18H2,2H3,(H2,19,22)(H,20,23)(H,21,24). The van der Waals surface area contributed by atoms with Gasteiger partial charge in [0.05, 0.1) is 6.04 Å². The SMILES string of the molecule is C=C(C)C(=O)NCCCCC(NC(=O)C(N)CCCCN)C(N)=O. The molecule has 0 fully saturated rings. The van der Waals surface area contributed by atoms with Crippen LogP contribution in [0, 0.1) is 0 Å². The summed E-state index contributed by atoms with van der Waals surface area (Å²) in [7, 11) is 0. The number of nitrogens with two attached hydrogens (primary N) is 3. The van der Waals surface area contributed by atoms with E-state index in [1.54, 1.807) is 6.92 Å². The van der Waals surface area contributed by atoms with Crippen molar-refractivity contribution in [1.82, 2.24) is 10.6 Å². The summed E-state index contributed by atoms with van der Waals surface area (Å²) >= 11 is 0. The molecular formula is C16H31N5O3. The van der Waals surface area contributed by atoms with Crippen LogP contribution in [0.25, 0.3) is 0 Å². The van der Waals surface area contributed by atoms with Gasteiger partial charge in [-0.05, 0) is 45.6 Å². The highest BCUT2D eigenvalue weighted by Crippen LogP contribution is 2.03. The van der Waals surface area contributed by atoms with Crippen LogP contribution >= 0.6 is 0 Å². The molecule has 0 bridgehead atoms. The molecule has 2 atom stereocenters. The third-order valence-electron chi connectivity index (χ3n) is 3.56. The van der Waals surface area contributed by atoms with Crippen LogP contribution in [0.15, 0.2) is 12.2 Å². The van der Waals surface area contributed by atoms with Crippen LogP contribution in [-0.2, 0) is 14.4 Å². The van der Waals surface area contributed by atoms with Crippen LogP contribution in [0.4, 0.5) is 0 Å². The summed E-state index contributed by atoms with van der Waals surface area (Å²) in [4.78, 5) is 34.7. The zero-order valence-corrected chi connectivity index (χ0v) is 14.5. The average Bonchev–Trinajstić information content (AvgIpc) is 2.52. The number of hydrogen-bond donors (Lipinski definition) is 5. The second-order valence-corrected chi connectivity index (χ2v) is 5.89. The molecule has 24 heavy (non-hydrogen) atoms. The zero-order valence-electron chi connectivity index (χ0n) is 14.5. The predicted molar refractivity (Wildman–Crippen MR) is 93.7 cm³/mol. The predicted octanol–water partition coefficient (Wildman–Crippen LogP) is -0.725. The smallest absolute Gasteiger partial charge is 0.246 e. The van der Waals surface area contributed by atoms with E-state index in [1.165, 1.54) is 0 Å². The lowest BCUT2D eigenvalue weighted by Crippen LogP contribution is -2.50. The lowest BCUT2D eigenvalue weighted by molar-refractivity contribution is -0.128. The number of rotatable bonds is 13. The number of amides is 3. The topological polar surface area (TPSA) is 153 Å². The van der Waals surface area contributed by atoms with Crippen LogP contribution in [0.3, 0.4) is 0 Å². The van der Waals surface area contributed by atoms with Gasteiger partial charge in [-0.1, -0.05) is 13.0 Å². The molecule has 8 nitrogen and oxygen atoms in total. The zero-order chi connectivity index (χ0) is 18.5. The highest BCUT2D eigenvalue weighted by molar-refractivity contribution is 5.92. The number of unbranched alkanes of at least 4 members (excludes halogenated alkanes) is 2. The molecule has 3 amide bonds. The molecule has 0 saturated carbocycles. The van der Waals surface area contributed by atoms with Gasteiger partial charge in [0.1, 0.15) is 6.04 Å². The van der Waals surface area contributed by atoms with E-state index >= 15 is 0 Å². The van der Waals surface area contributed by atoms with Crippen molar-refractivity contribution in [2.45, 2.75) is 57.5 Å². The summed E-state index contributed by atoms with van der Waals surface area (Å²) in [5.41, 5.74) is 16.9. The van der Waals surface area contributed by atoms with Gasteiger partial charge in [0.15, 0.2) is 0 Å². The second-order valence-electron chi connectivity index (χ2n) is 5.89. The van der Waals surface area contributed by atoms with Crippen LogP contribution < -0.4 is 27.8 Å². The summed E-state index contributed by atoms with van der Waals surface area (Å²) in [6.07, 6.45) is 3.78. The van der Waals surface area contributed by atoms with Crippen molar-refractivity contribution in [3.8, 4) is 0 Å². The van der Waals surface area contributed by atoms with Gasteiger partial charge in [0, 0.05) is 12.1 Å². The van der Waals surface area contributed by atoms with Crippen molar-refractivity contribution >= 4 is 17.7 Å². The molecule has 0 aromatic rings. The summed E-state index contributed by atoms with van der Waals surface area (Å²) < 4.78 is 0. The van der Waals surface area contributed by atoms with Crippen molar-refractivity contribution in [2.24, 2.45) is 17.2 Å². The Morgan fingerprint density at radius 3 is 2.25 bits per heavy atom. The summed E-state index contributed by atoms with van der Waals surface area (Å²) in [5, 5.41) is 5.29. The first-order valence-corrected chi connectivity index (χ1v) is 8.28. The maximum absolute atomic E-state index is 12.0. The van der Waals surface area contributed by atoms with Crippen molar-refractivity contribution < 1.29 is 14.4 Å². The average molecular weight is 341 g/mol. The molecule has 0 radical (unpaired) electrons. The first-order valence-electron chi connectivity index (χ1n) is 8.28. The van der Waals surface area contributed by atoms with E-state index in [-0.39, 0.29) is 11.8 Å². The van der Waals surface area contributed by atoms with Gasteiger partial charge in [-0.25, -0.2) is 0 Å². The number of primary amides is 1. The Morgan fingerprint density at radius 2 is 1.71 bits per heavy atom. The van der Waals surface area contributed by atoms with Crippen LogP contribution in [-0.4, -0.2) is 42.9 Å². The Hall–Kier alpha value is -1.93. The minimum absolute atomic E-state index is 0.196. The van der Waals surface area contributed by atoms with Crippen LogP contribution in [0.5, 0.6) is 0 Å². The molecule has 8 N–H and O–H groups in total. The Bertz CT molecular complexity index is 439. The molecule has 2 unspecified atom stereocenters. The number of nitrogens with one attached hydrogen (secondary N) is 2. The minimum atomic E-state index is -0.755. The molecule has 138 valence electrons. The molecule has 0 aliphatic carbocycles.